The number of rotatable bonds is 3. The van der Waals surface area contributed by atoms with Crippen molar-refractivity contribution in [2.45, 2.75) is 64.2 Å². The Labute approximate surface area is 218 Å². The van der Waals surface area contributed by atoms with Gasteiger partial charge in [-0.15, -0.1) is 5.10 Å². The van der Waals surface area contributed by atoms with E-state index in [1.165, 1.54) is 18.2 Å². The first-order valence-electron chi connectivity index (χ1n) is 12.3. The van der Waals surface area contributed by atoms with Crippen LogP contribution in [0.2, 0.25) is 5.22 Å². The number of hydrogen-bond acceptors (Lipinski definition) is 6. The van der Waals surface area contributed by atoms with Crippen LogP contribution in [-0.2, 0) is 10.8 Å². The first-order valence-corrected chi connectivity index (χ1v) is 12.6. The zero-order valence-electron chi connectivity index (χ0n) is 21.2. The molecule has 2 aliphatic carbocycles. The third-order valence-electron chi connectivity index (χ3n) is 8.19. The first-order chi connectivity index (χ1) is 17.4. The number of nitrogens with zero attached hydrogens (tertiary/aromatic N) is 5. The van der Waals surface area contributed by atoms with Crippen LogP contribution < -0.4 is 0 Å². The minimum absolute atomic E-state index is 0.126. The molecule has 3 aromatic heterocycles. The molecular formula is C28H26ClF2N5O. The first kappa shape index (κ1) is 24.1. The summed E-state index contributed by atoms with van der Waals surface area (Å²) in [4.78, 5) is 14.1. The minimum atomic E-state index is -0.663. The molecule has 1 fully saturated rings. The number of hydrogen-bond donors (Lipinski definition) is 0. The second-order valence-corrected chi connectivity index (χ2v) is 11.9. The maximum absolute atomic E-state index is 14.5. The van der Waals surface area contributed by atoms with Crippen LogP contribution in [0, 0.1) is 17.0 Å². The monoisotopic (exact) mass is 521 g/mol. The highest BCUT2D eigenvalue weighted by molar-refractivity contribution is 6.29. The molecule has 0 saturated heterocycles. The average molecular weight is 522 g/mol. The van der Waals surface area contributed by atoms with Crippen LogP contribution in [0.1, 0.15) is 76.0 Å². The van der Waals surface area contributed by atoms with Gasteiger partial charge in [-0.05, 0) is 59.5 Å². The maximum Gasteiger partial charge on any atom is 0.248 e. The summed E-state index contributed by atoms with van der Waals surface area (Å²) in [7, 11) is 0. The van der Waals surface area contributed by atoms with Crippen LogP contribution in [0.5, 0.6) is 0 Å². The normalized spacial score (nSPS) is 21.9. The zero-order chi connectivity index (χ0) is 26.3. The van der Waals surface area contributed by atoms with Gasteiger partial charge in [0.25, 0.3) is 0 Å². The van der Waals surface area contributed by atoms with Crippen molar-refractivity contribution in [2.24, 2.45) is 5.41 Å². The molecule has 4 aromatic rings. The van der Waals surface area contributed by atoms with E-state index in [0.717, 1.165) is 29.8 Å². The second kappa shape index (κ2) is 7.87. The van der Waals surface area contributed by atoms with Gasteiger partial charge in [-0.2, -0.15) is 5.10 Å². The van der Waals surface area contributed by atoms with Gasteiger partial charge in [0.2, 0.25) is 11.1 Å². The summed E-state index contributed by atoms with van der Waals surface area (Å²) >= 11 is 6.36. The molecule has 2 aliphatic rings. The van der Waals surface area contributed by atoms with Gasteiger partial charge in [0.1, 0.15) is 23.0 Å². The van der Waals surface area contributed by atoms with Gasteiger partial charge < -0.3 is 4.42 Å². The average Bonchev–Trinajstić information content (AvgIpc) is 3.42. The molecule has 0 spiro atoms. The number of halogens is 3. The highest BCUT2D eigenvalue weighted by Crippen LogP contribution is 2.69. The Morgan fingerprint density at radius 2 is 1.76 bits per heavy atom. The van der Waals surface area contributed by atoms with Gasteiger partial charge in [0.05, 0.1) is 34.3 Å². The van der Waals surface area contributed by atoms with Crippen molar-refractivity contribution >= 4 is 11.6 Å². The zero-order valence-corrected chi connectivity index (χ0v) is 22.0. The smallest absolute Gasteiger partial charge is 0.248 e. The van der Waals surface area contributed by atoms with E-state index in [1.807, 2.05) is 20.8 Å². The summed E-state index contributed by atoms with van der Waals surface area (Å²) in [6.07, 6.45) is 5.05. The van der Waals surface area contributed by atoms with E-state index in [1.54, 1.807) is 18.5 Å². The SMILES string of the molecule is CC(C)(C)c1nc(-c2cncc([C@@]34CC[C@@H](c5cc(-c6c(F)cccc6F)nnc53)C4(C)C)n2)oc1Cl. The highest BCUT2D eigenvalue weighted by atomic mass is 35.5. The van der Waals surface area contributed by atoms with Crippen molar-refractivity contribution in [1.82, 2.24) is 25.1 Å². The molecule has 190 valence electrons. The molecular weight excluding hydrogens is 496 g/mol. The van der Waals surface area contributed by atoms with Crippen LogP contribution in [0.15, 0.2) is 41.1 Å². The number of oxazole rings is 1. The van der Waals surface area contributed by atoms with E-state index < -0.39 is 17.0 Å². The quantitative estimate of drug-likeness (QED) is 0.288. The molecule has 37 heavy (non-hydrogen) atoms. The summed E-state index contributed by atoms with van der Waals surface area (Å²) in [5.41, 5.74) is 2.48. The highest BCUT2D eigenvalue weighted by Gasteiger charge is 2.65. The van der Waals surface area contributed by atoms with E-state index in [0.29, 0.717) is 17.3 Å². The van der Waals surface area contributed by atoms with Crippen LogP contribution in [-0.4, -0.2) is 25.1 Å². The fraction of sp³-hybridized carbons (Fsp3) is 0.393. The topological polar surface area (TPSA) is 77.6 Å². The standard InChI is InChI=1S/C28H26ClF2N5O/c1-26(2,3)23-24(29)37-25(34-23)19-12-32-13-20(33-19)28-10-9-15(27(28,4)5)14-11-18(35-36-22(14)28)21-16(30)7-6-8-17(21)31/h6-8,11-13,15H,9-10H2,1-5H3/t15-,28-/m0/s1. The fourth-order valence-corrected chi connectivity index (χ4v) is 6.70. The maximum atomic E-state index is 14.5. The van der Waals surface area contributed by atoms with Crippen molar-refractivity contribution in [2.75, 3.05) is 0 Å². The second-order valence-electron chi connectivity index (χ2n) is 11.5. The van der Waals surface area contributed by atoms with Gasteiger partial charge in [-0.3, -0.25) is 4.98 Å². The summed E-state index contributed by atoms with van der Waals surface area (Å²) < 4.78 is 34.8. The number of fused-ring (bicyclic) bond motifs is 5. The number of benzene rings is 1. The number of aromatic nitrogens is 5. The van der Waals surface area contributed by atoms with E-state index in [4.69, 9.17) is 21.0 Å². The van der Waals surface area contributed by atoms with E-state index >= 15 is 0 Å². The van der Waals surface area contributed by atoms with Crippen molar-refractivity contribution < 1.29 is 13.2 Å². The molecule has 9 heteroatoms. The molecule has 2 atom stereocenters. The lowest BCUT2D eigenvalue weighted by atomic mass is 9.66. The van der Waals surface area contributed by atoms with Gasteiger partial charge in [0, 0.05) is 11.6 Å². The van der Waals surface area contributed by atoms with Crippen molar-refractivity contribution in [3.63, 3.8) is 0 Å². The van der Waals surface area contributed by atoms with Crippen molar-refractivity contribution in [3.05, 3.63) is 76.2 Å². The lowest BCUT2D eigenvalue weighted by Crippen LogP contribution is -2.38. The third kappa shape index (κ3) is 3.31. The lowest BCUT2D eigenvalue weighted by molar-refractivity contribution is 0.242. The van der Waals surface area contributed by atoms with Gasteiger partial charge >= 0.3 is 0 Å². The molecule has 1 aromatic carbocycles. The van der Waals surface area contributed by atoms with Gasteiger partial charge in [0.15, 0.2) is 0 Å². The van der Waals surface area contributed by atoms with E-state index in [2.05, 4.69) is 34.0 Å². The minimum Gasteiger partial charge on any atom is -0.423 e. The Morgan fingerprint density at radius 3 is 2.43 bits per heavy atom. The van der Waals surface area contributed by atoms with Gasteiger partial charge in [-0.1, -0.05) is 40.7 Å². The molecule has 6 rings (SSSR count). The molecule has 0 aliphatic heterocycles. The van der Waals surface area contributed by atoms with E-state index in [-0.39, 0.29) is 33.2 Å². The molecule has 0 N–H and O–H groups in total. The van der Waals surface area contributed by atoms with Gasteiger partial charge in [-0.25, -0.2) is 18.7 Å². The van der Waals surface area contributed by atoms with Crippen LogP contribution in [0.25, 0.3) is 22.8 Å². The summed E-state index contributed by atoms with van der Waals surface area (Å²) in [6, 6.07) is 5.59. The fourth-order valence-electron chi connectivity index (χ4n) is 6.31. The van der Waals surface area contributed by atoms with Crippen molar-refractivity contribution in [3.8, 4) is 22.8 Å². The van der Waals surface area contributed by atoms with Crippen LogP contribution in [0.4, 0.5) is 8.78 Å². The molecule has 0 amide bonds. The molecule has 1 saturated carbocycles. The predicted molar refractivity (Wildman–Crippen MR) is 135 cm³/mol. The summed E-state index contributed by atoms with van der Waals surface area (Å²) in [6.45, 7) is 10.4. The van der Waals surface area contributed by atoms with Crippen LogP contribution >= 0.6 is 11.6 Å². The Hall–Kier alpha value is -3.26. The summed E-state index contributed by atoms with van der Waals surface area (Å²) in [5.74, 6) is -0.892. The largest absolute Gasteiger partial charge is 0.423 e. The van der Waals surface area contributed by atoms with E-state index in [9.17, 15) is 8.78 Å². The molecule has 6 nitrogen and oxygen atoms in total. The van der Waals surface area contributed by atoms with Crippen molar-refractivity contribution in [1.29, 1.82) is 0 Å². The Kier molecular flexibility index (Phi) is 5.13. The molecule has 2 bridgehead atoms. The summed E-state index contributed by atoms with van der Waals surface area (Å²) in [5, 5.41) is 9.11. The molecule has 0 radical (unpaired) electrons. The molecule has 3 heterocycles. The molecule has 0 unspecified atom stereocenters. The Balaban J connectivity index is 1.49. The third-order valence-corrected chi connectivity index (χ3v) is 8.44. The Morgan fingerprint density at radius 1 is 1.03 bits per heavy atom. The Bertz CT molecular complexity index is 1540. The lowest BCUT2D eigenvalue weighted by Gasteiger charge is -2.37. The predicted octanol–water partition coefficient (Wildman–Crippen LogP) is 7.02. The van der Waals surface area contributed by atoms with Crippen LogP contribution in [0.3, 0.4) is 0 Å².